The first-order chi connectivity index (χ1) is 13.0. The van der Waals surface area contributed by atoms with E-state index in [-0.39, 0.29) is 17.4 Å². The summed E-state index contributed by atoms with van der Waals surface area (Å²) in [6.07, 6.45) is 5.44. The molecule has 2 saturated heterocycles. The van der Waals surface area contributed by atoms with Crippen molar-refractivity contribution in [2.45, 2.75) is 58.5 Å². The van der Waals surface area contributed by atoms with Crippen LogP contribution in [0.2, 0.25) is 0 Å². The van der Waals surface area contributed by atoms with Crippen molar-refractivity contribution in [3.63, 3.8) is 0 Å². The zero-order valence-electron chi connectivity index (χ0n) is 16.4. The van der Waals surface area contributed by atoms with Crippen LogP contribution in [0.3, 0.4) is 0 Å². The van der Waals surface area contributed by atoms with E-state index in [9.17, 15) is 9.59 Å². The van der Waals surface area contributed by atoms with E-state index in [1.54, 1.807) is 6.07 Å². The molecule has 5 nitrogen and oxygen atoms in total. The second kappa shape index (κ2) is 7.47. The van der Waals surface area contributed by atoms with E-state index in [1.165, 1.54) is 6.42 Å². The second-order valence-corrected chi connectivity index (χ2v) is 8.12. The Hall–Kier alpha value is -2.14. The molecule has 1 aromatic carbocycles. The molecule has 2 aliphatic rings. The fourth-order valence-electron chi connectivity index (χ4n) is 4.64. The molecule has 1 aromatic heterocycles. The molecule has 3 heterocycles. The van der Waals surface area contributed by atoms with Gasteiger partial charge in [-0.25, -0.2) is 0 Å². The van der Waals surface area contributed by atoms with E-state index in [4.69, 9.17) is 0 Å². The van der Waals surface area contributed by atoms with Gasteiger partial charge in [-0.1, -0.05) is 12.1 Å². The van der Waals surface area contributed by atoms with Gasteiger partial charge in [-0.3, -0.25) is 14.5 Å². The van der Waals surface area contributed by atoms with Gasteiger partial charge < -0.3 is 9.88 Å². The standard InChI is InChI=1S/C22H29N3O2/c1-15-8-9-16(2)21-20(15)19(26)13-17(23-21)14-25-12-6-7-18(25)22(27)24-10-4-3-5-11-24/h8-9,13,18H,3-7,10-12,14H2,1-2H3,(H,23,26)/t18-/m0/s1. The summed E-state index contributed by atoms with van der Waals surface area (Å²) in [6, 6.07) is 5.73. The average Bonchev–Trinajstić information content (AvgIpc) is 3.12. The number of carbonyl (C=O) groups excluding carboxylic acids is 1. The van der Waals surface area contributed by atoms with Gasteiger partial charge in [0.05, 0.1) is 11.6 Å². The number of nitrogens with zero attached hydrogens (tertiary/aromatic N) is 2. The van der Waals surface area contributed by atoms with E-state index in [2.05, 4.69) is 16.0 Å². The second-order valence-electron chi connectivity index (χ2n) is 8.12. The van der Waals surface area contributed by atoms with Crippen LogP contribution in [0.25, 0.3) is 10.9 Å². The highest BCUT2D eigenvalue weighted by Gasteiger charge is 2.34. The molecule has 5 heteroatoms. The van der Waals surface area contributed by atoms with Gasteiger partial charge in [0.15, 0.2) is 5.43 Å². The Morgan fingerprint density at radius 2 is 1.81 bits per heavy atom. The molecule has 0 radical (unpaired) electrons. The van der Waals surface area contributed by atoms with Crippen molar-refractivity contribution >= 4 is 16.8 Å². The number of hydrogen-bond donors (Lipinski definition) is 1. The highest BCUT2D eigenvalue weighted by atomic mass is 16.2. The number of nitrogens with one attached hydrogen (secondary N) is 1. The Bertz CT molecular complexity index is 912. The molecule has 0 unspecified atom stereocenters. The van der Waals surface area contributed by atoms with Crippen molar-refractivity contribution in [3.8, 4) is 0 Å². The Morgan fingerprint density at radius 1 is 1.07 bits per heavy atom. The number of piperidine rings is 1. The Kier molecular flexibility index (Phi) is 5.04. The first-order valence-corrected chi connectivity index (χ1v) is 10.2. The lowest BCUT2D eigenvalue weighted by Crippen LogP contribution is -2.47. The molecule has 1 atom stereocenters. The number of aromatic amines is 1. The third-order valence-corrected chi connectivity index (χ3v) is 6.15. The number of aryl methyl sites for hydroxylation is 2. The summed E-state index contributed by atoms with van der Waals surface area (Å²) in [5, 5.41) is 0.779. The van der Waals surface area contributed by atoms with E-state index in [1.807, 2.05) is 24.8 Å². The van der Waals surface area contributed by atoms with Crippen LogP contribution in [0.1, 0.15) is 48.9 Å². The summed E-state index contributed by atoms with van der Waals surface area (Å²) < 4.78 is 0. The predicted molar refractivity (Wildman–Crippen MR) is 108 cm³/mol. The normalized spacial score (nSPS) is 21.1. The molecule has 2 aliphatic heterocycles. The van der Waals surface area contributed by atoms with E-state index >= 15 is 0 Å². The summed E-state index contributed by atoms with van der Waals surface area (Å²) >= 11 is 0. The molecule has 0 saturated carbocycles. The zero-order valence-corrected chi connectivity index (χ0v) is 16.4. The molecule has 1 N–H and O–H groups in total. The number of likely N-dealkylation sites (tertiary alicyclic amines) is 2. The maximum Gasteiger partial charge on any atom is 0.239 e. The molecule has 27 heavy (non-hydrogen) atoms. The van der Waals surface area contributed by atoms with Crippen molar-refractivity contribution < 1.29 is 4.79 Å². The number of amides is 1. The lowest BCUT2D eigenvalue weighted by Gasteiger charge is -2.32. The molecular formula is C22H29N3O2. The minimum absolute atomic E-state index is 0.0408. The van der Waals surface area contributed by atoms with Crippen LogP contribution in [0.4, 0.5) is 0 Å². The van der Waals surface area contributed by atoms with Gasteiger partial charge in [0.1, 0.15) is 0 Å². The van der Waals surface area contributed by atoms with Gasteiger partial charge >= 0.3 is 0 Å². The molecule has 4 rings (SSSR count). The van der Waals surface area contributed by atoms with Crippen LogP contribution in [-0.2, 0) is 11.3 Å². The minimum Gasteiger partial charge on any atom is -0.357 e. The molecule has 2 fully saturated rings. The number of aromatic nitrogens is 1. The van der Waals surface area contributed by atoms with Crippen molar-refractivity contribution in [2.75, 3.05) is 19.6 Å². The molecule has 2 aromatic rings. The Morgan fingerprint density at radius 3 is 2.59 bits per heavy atom. The van der Waals surface area contributed by atoms with Crippen LogP contribution < -0.4 is 5.43 Å². The molecule has 1 amide bonds. The topological polar surface area (TPSA) is 56.4 Å². The maximum atomic E-state index is 13.0. The fraction of sp³-hybridized carbons (Fsp3) is 0.545. The molecule has 0 bridgehead atoms. The highest BCUT2D eigenvalue weighted by molar-refractivity contribution is 5.85. The minimum atomic E-state index is -0.0408. The molecular weight excluding hydrogens is 338 g/mol. The van der Waals surface area contributed by atoms with Crippen LogP contribution in [0.15, 0.2) is 23.0 Å². The van der Waals surface area contributed by atoms with Crippen molar-refractivity contribution in [2.24, 2.45) is 0 Å². The van der Waals surface area contributed by atoms with E-state index in [0.29, 0.717) is 6.54 Å². The number of rotatable bonds is 3. The first-order valence-electron chi connectivity index (χ1n) is 10.2. The smallest absolute Gasteiger partial charge is 0.239 e. The number of H-pyrrole nitrogens is 1. The number of carbonyl (C=O) groups is 1. The average molecular weight is 367 g/mol. The van der Waals surface area contributed by atoms with Crippen LogP contribution >= 0.6 is 0 Å². The number of fused-ring (bicyclic) bond motifs is 1. The van der Waals surface area contributed by atoms with E-state index in [0.717, 1.165) is 73.0 Å². The van der Waals surface area contributed by atoms with E-state index < -0.39 is 0 Å². The van der Waals surface area contributed by atoms with Gasteiger partial charge in [-0.05, 0) is 63.6 Å². The number of pyridine rings is 1. The Labute approximate surface area is 160 Å². The zero-order chi connectivity index (χ0) is 19.0. The van der Waals surface area contributed by atoms with Crippen molar-refractivity contribution in [1.82, 2.24) is 14.8 Å². The molecule has 144 valence electrons. The summed E-state index contributed by atoms with van der Waals surface area (Å²) in [5.41, 5.74) is 3.98. The van der Waals surface area contributed by atoms with Crippen molar-refractivity contribution in [1.29, 1.82) is 0 Å². The van der Waals surface area contributed by atoms with Gasteiger partial charge in [-0.15, -0.1) is 0 Å². The van der Waals surface area contributed by atoms with Gasteiger partial charge in [0.2, 0.25) is 5.91 Å². The summed E-state index contributed by atoms with van der Waals surface area (Å²) in [6.45, 7) is 7.34. The van der Waals surface area contributed by atoms with Crippen LogP contribution in [0, 0.1) is 13.8 Å². The quantitative estimate of drug-likeness (QED) is 0.907. The van der Waals surface area contributed by atoms with Crippen LogP contribution in [-0.4, -0.2) is 46.4 Å². The monoisotopic (exact) mass is 367 g/mol. The first kappa shape index (κ1) is 18.2. The van der Waals surface area contributed by atoms with Gasteiger partial charge in [-0.2, -0.15) is 0 Å². The Balaban J connectivity index is 1.58. The highest BCUT2D eigenvalue weighted by Crippen LogP contribution is 2.24. The summed E-state index contributed by atoms with van der Waals surface area (Å²) in [7, 11) is 0. The maximum absolute atomic E-state index is 13.0. The van der Waals surface area contributed by atoms with Gasteiger partial charge in [0, 0.05) is 36.8 Å². The fourth-order valence-corrected chi connectivity index (χ4v) is 4.64. The number of benzene rings is 1. The summed E-state index contributed by atoms with van der Waals surface area (Å²) in [4.78, 5) is 33.5. The third kappa shape index (κ3) is 3.53. The summed E-state index contributed by atoms with van der Waals surface area (Å²) in [5.74, 6) is 0.280. The third-order valence-electron chi connectivity index (χ3n) is 6.15. The molecule has 0 spiro atoms. The molecule has 0 aliphatic carbocycles. The van der Waals surface area contributed by atoms with Crippen LogP contribution in [0.5, 0.6) is 0 Å². The lowest BCUT2D eigenvalue weighted by molar-refractivity contribution is -0.137. The predicted octanol–water partition coefficient (Wildman–Crippen LogP) is 3.12. The SMILES string of the molecule is Cc1ccc(C)c2c(=O)cc(CN3CCC[C@H]3C(=O)N3CCCCC3)[nH]c12. The van der Waals surface area contributed by atoms with Gasteiger partial charge in [0.25, 0.3) is 0 Å². The van der Waals surface area contributed by atoms with Crippen molar-refractivity contribution in [3.05, 3.63) is 45.2 Å². The number of hydrogen-bond acceptors (Lipinski definition) is 3. The largest absolute Gasteiger partial charge is 0.357 e. The lowest BCUT2D eigenvalue weighted by atomic mass is 10.0.